The summed E-state index contributed by atoms with van der Waals surface area (Å²) in [4.78, 5) is 17.4. The Labute approximate surface area is 105 Å². The van der Waals surface area contributed by atoms with Gasteiger partial charge in [-0.1, -0.05) is 12.1 Å². The van der Waals surface area contributed by atoms with Crippen molar-refractivity contribution >= 4 is 11.7 Å². The van der Waals surface area contributed by atoms with E-state index in [2.05, 4.69) is 20.5 Å². The lowest BCUT2D eigenvalue weighted by Gasteiger charge is -2.16. The van der Waals surface area contributed by atoms with E-state index in [4.69, 9.17) is 0 Å². The maximum Gasteiger partial charge on any atom is 0.321 e. The number of nitrogens with one attached hydrogen (secondary N) is 2. The van der Waals surface area contributed by atoms with Crippen LogP contribution in [0.5, 0.6) is 0 Å². The van der Waals surface area contributed by atoms with E-state index < -0.39 is 0 Å². The van der Waals surface area contributed by atoms with Crippen molar-refractivity contribution < 1.29 is 4.79 Å². The SMILES string of the molecule is Cc1cccc(NC(=O)N(C)Cc2ncn[nH]2)c1. The summed E-state index contributed by atoms with van der Waals surface area (Å²) in [6.07, 6.45) is 1.42. The van der Waals surface area contributed by atoms with Gasteiger partial charge in [0.05, 0.1) is 6.54 Å². The minimum atomic E-state index is -0.183. The number of H-pyrrole nitrogens is 1. The zero-order chi connectivity index (χ0) is 13.0. The number of rotatable bonds is 3. The third-order valence-electron chi connectivity index (χ3n) is 2.47. The Morgan fingerprint density at radius 2 is 2.33 bits per heavy atom. The van der Waals surface area contributed by atoms with Crippen molar-refractivity contribution in [3.05, 3.63) is 42.0 Å². The fourth-order valence-corrected chi connectivity index (χ4v) is 1.55. The summed E-state index contributed by atoms with van der Waals surface area (Å²) in [7, 11) is 1.70. The second-order valence-electron chi connectivity index (χ2n) is 4.09. The van der Waals surface area contributed by atoms with E-state index in [1.54, 1.807) is 7.05 Å². The van der Waals surface area contributed by atoms with Gasteiger partial charge in [0.1, 0.15) is 12.2 Å². The molecule has 1 aromatic heterocycles. The number of benzene rings is 1. The zero-order valence-corrected chi connectivity index (χ0v) is 10.3. The fourth-order valence-electron chi connectivity index (χ4n) is 1.55. The average Bonchev–Trinajstić information content (AvgIpc) is 2.81. The monoisotopic (exact) mass is 245 g/mol. The molecule has 0 saturated heterocycles. The maximum absolute atomic E-state index is 11.9. The van der Waals surface area contributed by atoms with E-state index in [0.717, 1.165) is 11.3 Å². The highest BCUT2D eigenvalue weighted by molar-refractivity contribution is 5.89. The second-order valence-corrected chi connectivity index (χ2v) is 4.09. The molecule has 2 aromatic rings. The molecule has 1 aromatic carbocycles. The van der Waals surface area contributed by atoms with E-state index in [0.29, 0.717) is 12.4 Å². The highest BCUT2D eigenvalue weighted by Gasteiger charge is 2.10. The molecule has 2 N–H and O–H groups in total. The first kappa shape index (κ1) is 12.1. The number of nitrogens with zero attached hydrogens (tertiary/aromatic N) is 3. The van der Waals surface area contributed by atoms with Gasteiger partial charge >= 0.3 is 6.03 Å². The Hall–Kier alpha value is -2.37. The largest absolute Gasteiger partial charge is 0.321 e. The molecule has 6 nitrogen and oxygen atoms in total. The molecule has 0 aliphatic carbocycles. The molecule has 2 amide bonds. The predicted octanol–water partition coefficient (Wildman–Crippen LogP) is 1.78. The van der Waals surface area contributed by atoms with Crippen LogP contribution in [0.15, 0.2) is 30.6 Å². The van der Waals surface area contributed by atoms with Crippen LogP contribution in [0, 0.1) is 6.92 Å². The minimum absolute atomic E-state index is 0.183. The Bertz CT molecular complexity index is 523. The molecule has 0 atom stereocenters. The standard InChI is InChI=1S/C12H15N5O/c1-9-4-3-5-10(6-9)15-12(18)17(2)7-11-13-8-14-16-11/h3-6,8H,7H2,1-2H3,(H,15,18)(H,13,14,16). The van der Waals surface area contributed by atoms with Gasteiger partial charge in [-0.3, -0.25) is 5.10 Å². The Balaban J connectivity index is 1.95. The van der Waals surface area contributed by atoms with Gasteiger partial charge in [-0.05, 0) is 24.6 Å². The van der Waals surface area contributed by atoms with Crippen molar-refractivity contribution in [2.45, 2.75) is 13.5 Å². The van der Waals surface area contributed by atoms with Crippen molar-refractivity contribution in [2.75, 3.05) is 12.4 Å². The molecule has 0 spiro atoms. The maximum atomic E-state index is 11.9. The molecule has 0 aliphatic heterocycles. The quantitative estimate of drug-likeness (QED) is 0.865. The number of hydrogen-bond acceptors (Lipinski definition) is 3. The number of amides is 2. The number of aryl methyl sites for hydroxylation is 1. The molecule has 0 fully saturated rings. The fraction of sp³-hybridized carbons (Fsp3) is 0.250. The van der Waals surface area contributed by atoms with Crippen LogP contribution in [0.25, 0.3) is 0 Å². The lowest BCUT2D eigenvalue weighted by Crippen LogP contribution is -2.31. The zero-order valence-electron chi connectivity index (χ0n) is 10.3. The van der Waals surface area contributed by atoms with Gasteiger partial charge in [0.25, 0.3) is 0 Å². The molecule has 0 radical (unpaired) electrons. The topological polar surface area (TPSA) is 73.9 Å². The Morgan fingerprint density at radius 1 is 1.50 bits per heavy atom. The molecule has 18 heavy (non-hydrogen) atoms. The minimum Gasteiger partial charge on any atom is -0.320 e. The first-order valence-corrected chi connectivity index (χ1v) is 5.58. The number of carbonyl (C=O) groups excluding carboxylic acids is 1. The van der Waals surface area contributed by atoms with Crippen molar-refractivity contribution in [3.63, 3.8) is 0 Å². The first-order chi connectivity index (χ1) is 8.65. The van der Waals surface area contributed by atoms with Gasteiger partial charge < -0.3 is 10.2 Å². The third-order valence-corrected chi connectivity index (χ3v) is 2.47. The number of aromatic amines is 1. The normalized spacial score (nSPS) is 10.1. The van der Waals surface area contributed by atoms with Crippen LogP contribution >= 0.6 is 0 Å². The molecular weight excluding hydrogens is 230 g/mol. The molecule has 0 bridgehead atoms. The van der Waals surface area contributed by atoms with E-state index in [1.807, 2.05) is 31.2 Å². The van der Waals surface area contributed by atoms with Crippen LogP contribution in [0.3, 0.4) is 0 Å². The van der Waals surface area contributed by atoms with Crippen LogP contribution in [0.2, 0.25) is 0 Å². The third kappa shape index (κ3) is 3.07. The second kappa shape index (κ2) is 5.31. The highest BCUT2D eigenvalue weighted by atomic mass is 16.2. The number of urea groups is 1. The molecule has 0 saturated carbocycles. The van der Waals surface area contributed by atoms with Gasteiger partial charge in [-0.2, -0.15) is 5.10 Å². The molecule has 94 valence electrons. The van der Waals surface area contributed by atoms with Gasteiger partial charge in [-0.25, -0.2) is 9.78 Å². The number of carbonyl (C=O) groups is 1. The summed E-state index contributed by atoms with van der Waals surface area (Å²) in [5.41, 5.74) is 1.88. The van der Waals surface area contributed by atoms with E-state index in [9.17, 15) is 4.79 Å². The van der Waals surface area contributed by atoms with Crippen LogP contribution in [0.4, 0.5) is 10.5 Å². The predicted molar refractivity (Wildman–Crippen MR) is 68.0 cm³/mol. The Kier molecular flexibility index (Phi) is 3.57. The van der Waals surface area contributed by atoms with Gasteiger partial charge in [0.2, 0.25) is 0 Å². The summed E-state index contributed by atoms with van der Waals surface area (Å²) in [5, 5.41) is 9.27. The molecule has 2 rings (SSSR count). The molecular formula is C12H15N5O. The van der Waals surface area contributed by atoms with Crippen LogP contribution in [-0.4, -0.2) is 33.2 Å². The summed E-state index contributed by atoms with van der Waals surface area (Å²) in [6, 6.07) is 7.47. The van der Waals surface area contributed by atoms with Crippen molar-refractivity contribution in [3.8, 4) is 0 Å². The number of hydrogen-bond donors (Lipinski definition) is 2. The van der Waals surface area contributed by atoms with Crippen LogP contribution < -0.4 is 5.32 Å². The lowest BCUT2D eigenvalue weighted by atomic mass is 10.2. The summed E-state index contributed by atoms with van der Waals surface area (Å²) in [6.45, 7) is 2.37. The molecule has 0 aliphatic rings. The van der Waals surface area contributed by atoms with Crippen molar-refractivity contribution in [1.29, 1.82) is 0 Å². The van der Waals surface area contributed by atoms with E-state index >= 15 is 0 Å². The van der Waals surface area contributed by atoms with Crippen LogP contribution in [0.1, 0.15) is 11.4 Å². The molecule has 0 unspecified atom stereocenters. The highest BCUT2D eigenvalue weighted by Crippen LogP contribution is 2.10. The summed E-state index contributed by atoms with van der Waals surface area (Å²) in [5.74, 6) is 0.650. The Morgan fingerprint density at radius 3 is 3.00 bits per heavy atom. The van der Waals surface area contributed by atoms with Gasteiger partial charge in [0.15, 0.2) is 0 Å². The van der Waals surface area contributed by atoms with E-state index in [1.165, 1.54) is 11.2 Å². The van der Waals surface area contributed by atoms with Crippen LogP contribution in [-0.2, 0) is 6.54 Å². The van der Waals surface area contributed by atoms with Gasteiger partial charge in [0, 0.05) is 12.7 Å². The number of aromatic nitrogens is 3. The van der Waals surface area contributed by atoms with Crippen molar-refractivity contribution in [2.24, 2.45) is 0 Å². The summed E-state index contributed by atoms with van der Waals surface area (Å²) < 4.78 is 0. The first-order valence-electron chi connectivity index (χ1n) is 5.58. The average molecular weight is 245 g/mol. The van der Waals surface area contributed by atoms with E-state index in [-0.39, 0.29) is 6.03 Å². The molecule has 6 heteroatoms. The van der Waals surface area contributed by atoms with Crippen molar-refractivity contribution in [1.82, 2.24) is 20.1 Å². The summed E-state index contributed by atoms with van der Waals surface area (Å²) >= 11 is 0. The lowest BCUT2D eigenvalue weighted by molar-refractivity contribution is 0.219. The van der Waals surface area contributed by atoms with Gasteiger partial charge in [-0.15, -0.1) is 0 Å². The smallest absolute Gasteiger partial charge is 0.320 e. The number of anilines is 1. The molecule has 1 heterocycles.